The number of hydrogen-bond acceptors (Lipinski definition) is 3. The first-order chi connectivity index (χ1) is 9.88. The average Bonchev–Trinajstić information content (AvgIpc) is 2.77. The molecule has 0 bridgehead atoms. The molecule has 0 spiro atoms. The van der Waals surface area contributed by atoms with Crippen LogP contribution in [0, 0.1) is 0 Å². The van der Waals surface area contributed by atoms with Crippen molar-refractivity contribution in [3.63, 3.8) is 0 Å². The van der Waals surface area contributed by atoms with Gasteiger partial charge in [0.1, 0.15) is 17.1 Å². The van der Waals surface area contributed by atoms with Crippen molar-refractivity contribution in [3.8, 4) is 17.1 Å². The number of phenols is 1. The SMILES string of the molecule is CC(C)(C)n1c(-c2ccc(Cl)cc2O)nc2cnccc21. The number of aromatic nitrogens is 3. The molecule has 1 aromatic carbocycles. The van der Waals surface area contributed by atoms with Crippen LogP contribution in [-0.2, 0) is 5.54 Å². The summed E-state index contributed by atoms with van der Waals surface area (Å²) in [7, 11) is 0. The van der Waals surface area contributed by atoms with Gasteiger partial charge in [-0.05, 0) is 45.0 Å². The van der Waals surface area contributed by atoms with E-state index in [1.807, 2.05) is 6.07 Å². The van der Waals surface area contributed by atoms with Gasteiger partial charge in [-0.15, -0.1) is 0 Å². The third-order valence-corrected chi connectivity index (χ3v) is 3.56. The van der Waals surface area contributed by atoms with Crippen molar-refractivity contribution >= 4 is 22.6 Å². The molecule has 4 nitrogen and oxygen atoms in total. The van der Waals surface area contributed by atoms with Crippen LogP contribution in [0.4, 0.5) is 0 Å². The smallest absolute Gasteiger partial charge is 0.145 e. The largest absolute Gasteiger partial charge is 0.507 e. The normalized spacial score (nSPS) is 12.0. The zero-order valence-electron chi connectivity index (χ0n) is 12.1. The molecule has 0 unspecified atom stereocenters. The lowest BCUT2D eigenvalue weighted by Gasteiger charge is -2.25. The van der Waals surface area contributed by atoms with E-state index in [9.17, 15) is 5.11 Å². The lowest BCUT2D eigenvalue weighted by Crippen LogP contribution is -2.22. The van der Waals surface area contributed by atoms with Gasteiger partial charge in [0.15, 0.2) is 0 Å². The van der Waals surface area contributed by atoms with E-state index >= 15 is 0 Å². The number of halogens is 1. The zero-order chi connectivity index (χ0) is 15.2. The summed E-state index contributed by atoms with van der Waals surface area (Å²) in [6.45, 7) is 6.31. The third-order valence-electron chi connectivity index (χ3n) is 3.33. The molecule has 5 heteroatoms. The van der Waals surface area contributed by atoms with Gasteiger partial charge in [0, 0.05) is 16.8 Å². The number of hydrogen-bond donors (Lipinski definition) is 1. The molecule has 0 saturated heterocycles. The average molecular weight is 302 g/mol. The van der Waals surface area contributed by atoms with Crippen LogP contribution < -0.4 is 0 Å². The van der Waals surface area contributed by atoms with Crippen LogP contribution in [0.3, 0.4) is 0 Å². The van der Waals surface area contributed by atoms with Crippen molar-refractivity contribution in [1.82, 2.24) is 14.5 Å². The summed E-state index contributed by atoms with van der Waals surface area (Å²) in [6, 6.07) is 7.00. The minimum Gasteiger partial charge on any atom is -0.507 e. The molecule has 0 aliphatic rings. The molecule has 0 radical (unpaired) electrons. The molecule has 0 amide bonds. The van der Waals surface area contributed by atoms with E-state index in [1.165, 1.54) is 6.07 Å². The highest BCUT2D eigenvalue weighted by atomic mass is 35.5. The molecule has 0 fully saturated rings. The Morgan fingerprint density at radius 3 is 2.62 bits per heavy atom. The predicted octanol–water partition coefficient (Wildman–Crippen LogP) is 4.21. The molecule has 3 rings (SSSR count). The fourth-order valence-corrected chi connectivity index (χ4v) is 2.65. The molecule has 108 valence electrons. The van der Waals surface area contributed by atoms with Crippen LogP contribution in [0.1, 0.15) is 20.8 Å². The quantitative estimate of drug-likeness (QED) is 0.732. The second-order valence-corrected chi connectivity index (χ2v) is 6.40. The monoisotopic (exact) mass is 301 g/mol. The van der Waals surface area contributed by atoms with E-state index in [-0.39, 0.29) is 11.3 Å². The summed E-state index contributed by atoms with van der Waals surface area (Å²) in [5.41, 5.74) is 2.27. The van der Waals surface area contributed by atoms with E-state index in [0.29, 0.717) is 16.4 Å². The summed E-state index contributed by atoms with van der Waals surface area (Å²) in [5.74, 6) is 0.830. The molecule has 2 aromatic heterocycles. The van der Waals surface area contributed by atoms with Gasteiger partial charge in [0.25, 0.3) is 0 Å². The predicted molar refractivity (Wildman–Crippen MR) is 84.6 cm³/mol. The number of phenolic OH excluding ortho intramolecular Hbond substituents is 1. The van der Waals surface area contributed by atoms with Crippen LogP contribution in [-0.4, -0.2) is 19.6 Å². The van der Waals surface area contributed by atoms with Gasteiger partial charge in [0.05, 0.1) is 17.3 Å². The molecular weight excluding hydrogens is 286 g/mol. The van der Waals surface area contributed by atoms with Crippen molar-refractivity contribution < 1.29 is 5.11 Å². The van der Waals surface area contributed by atoms with Gasteiger partial charge in [-0.25, -0.2) is 4.98 Å². The first kappa shape index (κ1) is 13.9. The Kier molecular flexibility index (Phi) is 3.14. The second-order valence-electron chi connectivity index (χ2n) is 5.97. The Balaban J connectivity index is 2.37. The lowest BCUT2D eigenvalue weighted by molar-refractivity contribution is 0.411. The van der Waals surface area contributed by atoms with Crippen molar-refractivity contribution in [1.29, 1.82) is 0 Å². The van der Waals surface area contributed by atoms with Crippen molar-refractivity contribution in [2.75, 3.05) is 0 Å². The minimum absolute atomic E-state index is 0.122. The Bertz CT molecular complexity index is 818. The number of benzene rings is 1. The van der Waals surface area contributed by atoms with E-state index in [2.05, 4.69) is 35.3 Å². The molecule has 1 N–H and O–H groups in total. The fraction of sp³-hybridized carbons (Fsp3) is 0.250. The Morgan fingerprint density at radius 1 is 1.19 bits per heavy atom. The van der Waals surface area contributed by atoms with Gasteiger partial charge in [-0.3, -0.25) is 4.98 Å². The summed E-state index contributed by atoms with van der Waals surface area (Å²) in [5, 5.41) is 10.7. The summed E-state index contributed by atoms with van der Waals surface area (Å²) in [4.78, 5) is 8.76. The van der Waals surface area contributed by atoms with E-state index in [0.717, 1.165) is 11.0 Å². The van der Waals surface area contributed by atoms with Crippen LogP contribution in [0.15, 0.2) is 36.7 Å². The fourth-order valence-electron chi connectivity index (χ4n) is 2.49. The van der Waals surface area contributed by atoms with Gasteiger partial charge in [0.2, 0.25) is 0 Å². The molecule has 0 saturated carbocycles. The molecule has 2 heterocycles. The Hall–Kier alpha value is -2.07. The van der Waals surface area contributed by atoms with Gasteiger partial charge in [-0.2, -0.15) is 0 Å². The van der Waals surface area contributed by atoms with Crippen LogP contribution >= 0.6 is 11.6 Å². The lowest BCUT2D eigenvalue weighted by atomic mass is 10.1. The maximum atomic E-state index is 10.2. The van der Waals surface area contributed by atoms with E-state index < -0.39 is 0 Å². The van der Waals surface area contributed by atoms with Crippen LogP contribution in [0.25, 0.3) is 22.4 Å². The number of nitrogens with zero attached hydrogens (tertiary/aromatic N) is 3. The standard InChI is InChI=1S/C16H16ClN3O/c1-16(2,3)20-13-6-7-18-9-12(13)19-15(20)11-5-4-10(17)8-14(11)21/h4-9,21H,1-3H3. The highest BCUT2D eigenvalue weighted by Crippen LogP contribution is 2.36. The molecule has 0 aliphatic carbocycles. The van der Waals surface area contributed by atoms with E-state index in [4.69, 9.17) is 11.6 Å². The van der Waals surface area contributed by atoms with Gasteiger partial charge in [-0.1, -0.05) is 11.6 Å². The maximum absolute atomic E-state index is 10.2. The summed E-state index contributed by atoms with van der Waals surface area (Å²) in [6.07, 6.45) is 3.48. The van der Waals surface area contributed by atoms with Crippen molar-refractivity contribution in [2.24, 2.45) is 0 Å². The molecule has 21 heavy (non-hydrogen) atoms. The van der Waals surface area contributed by atoms with Crippen LogP contribution in [0.5, 0.6) is 5.75 Å². The maximum Gasteiger partial charge on any atom is 0.145 e. The minimum atomic E-state index is -0.183. The van der Waals surface area contributed by atoms with Gasteiger partial charge >= 0.3 is 0 Å². The summed E-state index contributed by atoms with van der Waals surface area (Å²) >= 11 is 5.92. The first-order valence-corrected chi connectivity index (χ1v) is 7.07. The molecular formula is C16H16ClN3O. The highest BCUT2D eigenvalue weighted by Gasteiger charge is 2.23. The summed E-state index contributed by atoms with van der Waals surface area (Å²) < 4.78 is 2.10. The molecule has 0 aliphatic heterocycles. The number of rotatable bonds is 1. The molecule has 0 atom stereocenters. The Morgan fingerprint density at radius 2 is 1.95 bits per heavy atom. The topological polar surface area (TPSA) is 50.9 Å². The number of pyridine rings is 1. The zero-order valence-corrected chi connectivity index (χ0v) is 12.9. The Labute approximate surface area is 128 Å². The second kappa shape index (κ2) is 4.74. The van der Waals surface area contributed by atoms with Crippen LogP contribution in [0.2, 0.25) is 5.02 Å². The third kappa shape index (κ3) is 2.36. The number of fused-ring (bicyclic) bond motifs is 1. The number of imidazole rings is 1. The van der Waals surface area contributed by atoms with Crippen molar-refractivity contribution in [2.45, 2.75) is 26.3 Å². The highest BCUT2D eigenvalue weighted by molar-refractivity contribution is 6.30. The van der Waals surface area contributed by atoms with E-state index in [1.54, 1.807) is 24.5 Å². The van der Waals surface area contributed by atoms with Crippen molar-refractivity contribution in [3.05, 3.63) is 41.7 Å². The molecule has 3 aromatic rings. The number of aromatic hydroxyl groups is 1. The van der Waals surface area contributed by atoms with Gasteiger partial charge < -0.3 is 9.67 Å². The first-order valence-electron chi connectivity index (χ1n) is 6.70.